The Morgan fingerprint density at radius 1 is 1.16 bits per heavy atom. The second kappa shape index (κ2) is 5.14. The van der Waals surface area contributed by atoms with Crippen molar-refractivity contribution in [2.24, 2.45) is 23.2 Å². The zero-order valence-electron chi connectivity index (χ0n) is 12.2. The number of hydrogen-bond acceptors (Lipinski definition) is 2. The Kier molecular flexibility index (Phi) is 3.88. The Hall–Kier alpha value is -1.06. The fraction of sp³-hybridized carbons (Fsp3) is 0.867. The lowest BCUT2D eigenvalue weighted by Gasteiger charge is -2.34. The highest BCUT2D eigenvalue weighted by Crippen LogP contribution is 2.41. The van der Waals surface area contributed by atoms with Crippen LogP contribution in [-0.4, -0.2) is 35.0 Å². The van der Waals surface area contributed by atoms with Crippen molar-refractivity contribution in [1.82, 2.24) is 4.90 Å². The van der Waals surface area contributed by atoms with Crippen LogP contribution >= 0.6 is 0 Å². The van der Waals surface area contributed by atoms with E-state index in [1.54, 1.807) is 4.90 Å². The molecule has 1 heterocycles. The molecule has 19 heavy (non-hydrogen) atoms. The number of carbonyl (C=O) groups excluding carboxylic acids is 1. The Labute approximate surface area is 115 Å². The van der Waals surface area contributed by atoms with E-state index in [0.717, 1.165) is 12.8 Å². The normalized spacial score (nSPS) is 28.9. The maximum Gasteiger partial charge on any atom is 0.308 e. The van der Waals surface area contributed by atoms with Crippen molar-refractivity contribution in [1.29, 1.82) is 0 Å². The van der Waals surface area contributed by atoms with Crippen LogP contribution < -0.4 is 0 Å². The van der Waals surface area contributed by atoms with Crippen molar-refractivity contribution in [3.8, 4) is 0 Å². The molecule has 0 aromatic carbocycles. The van der Waals surface area contributed by atoms with E-state index in [4.69, 9.17) is 5.11 Å². The van der Waals surface area contributed by atoms with Crippen LogP contribution in [0.1, 0.15) is 46.5 Å². The lowest BCUT2D eigenvalue weighted by Crippen LogP contribution is -2.43. The lowest BCUT2D eigenvalue weighted by atomic mass is 9.76. The average molecular weight is 267 g/mol. The molecule has 4 nitrogen and oxygen atoms in total. The monoisotopic (exact) mass is 267 g/mol. The molecular weight excluding hydrogens is 242 g/mol. The fourth-order valence-electron chi connectivity index (χ4n) is 3.68. The van der Waals surface area contributed by atoms with Crippen molar-refractivity contribution in [2.45, 2.75) is 46.5 Å². The van der Waals surface area contributed by atoms with Gasteiger partial charge in [0.2, 0.25) is 5.91 Å². The number of likely N-dealkylation sites (tertiary alicyclic amines) is 1. The van der Waals surface area contributed by atoms with E-state index in [0.29, 0.717) is 19.0 Å². The Balaban J connectivity index is 2.06. The number of carbonyl (C=O) groups is 2. The summed E-state index contributed by atoms with van der Waals surface area (Å²) in [6.07, 6.45) is 4.69. The minimum absolute atomic E-state index is 0.0563. The predicted molar refractivity (Wildman–Crippen MR) is 72.6 cm³/mol. The van der Waals surface area contributed by atoms with E-state index in [-0.39, 0.29) is 17.2 Å². The molecule has 2 fully saturated rings. The average Bonchev–Trinajstić information content (AvgIpc) is 2.96. The molecule has 1 N–H and O–H groups in total. The topological polar surface area (TPSA) is 57.6 Å². The molecule has 0 aromatic rings. The molecule has 1 saturated heterocycles. The van der Waals surface area contributed by atoms with Crippen LogP contribution in [0.15, 0.2) is 0 Å². The Morgan fingerprint density at radius 2 is 1.74 bits per heavy atom. The highest BCUT2D eigenvalue weighted by Gasteiger charge is 2.45. The molecule has 1 amide bonds. The molecule has 0 spiro atoms. The number of rotatable bonds is 3. The van der Waals surface area contributed by atoms with Crippen LogP contribution in [-0.2, 0) is 9.59 Å². The van der Waals surface area contributed by atoms with E-state index in [9.17, 15) is 9.59 Å². The van der Waals surface area contributed by atoms with Gasteiger partial charge in [-0.2, -0.15) is 0 Å². The van der Waals surface area contributed by atoms with Crippen LogP contribution in [0.4, 0.5) is 0 Å². The molecule has 2 rings (SSSR count). The summed E-state index contributed by atoms with van der Waals surface area (Å²) in [7, 11) is 0. The van der Waals surface area contributed by atoms with Gasteiger partial charge in [0.05, 0.1) is 5.92 Å². The standard InChI is InChI=1S/C15H25NO3/c1-10-8-16(9-12(10)13(17)18)14(19)15(2,3)11-6-4-5-7-11/h10-12H,4-9H2,1-3H3,(H,17,18)/t10-,12-/m1/s1. The van der Waals surface area contributed by atoms with E-state index in [1.807, 2.05) is 20.8 Å². The van der Waals surface area contributed by atoms with Crippen LogP contribution in [0.3, 0.4) is 0 Å². The quantitative estimate of drug-likeness (QED) is 0.854. The molecule has 0 unspecified atom stereocenters. The Bertz CT molecular complexity index is 372. The fourth-order valence-corrected chi connectivity index (χ4v) is 3.68. The third kappa shape index (κ3) is 2.63. The maximum absolute atomic E-state index is 12.7. The molecular formula is C15H25NO3. The first kappa shape index (κ1) is 14.4. The lowest BCUT2D eigenvalue weighted by molar-refractivity contribution is -0.144. The molecule has 1 aliphatic heterocycles. The summed E-state index contributed by atoms with van der Waals surface area (Å²) in [5.74, 6) is -0.514. The number of nitrogens with zero attached hydrogens (tertiary/aromatic N) is 1. The van der Waals surface area contributed by atoms with Gasteiger partial charge in [0.1, 0.15) is 0 Å². The highest BCUT2D eigenvalue weighted by atomic mass is 16.4. The van der Waals surface area contributed by atoms with Gasteiger partial charge in [-0.05, 0) is 24.7 Å². The van der Waals surface area contributed by atoms with Gasteiger partial charge in [0.15, 0.2) is 0 Å². The first-order chi connectivity index (χ1) is 8.84. The van der Waals surface area contributed by atoms with Gasteiger partial charge in [-0.3, -0.25) is 9.59 Å². The molecule has 2 aliphatic rings. The van der Waals surface area contributed by atoms with E-state index < -0.39 is 11.9 Å². The third-order valence-electron chi connectivity index (χ3n) is 5.14. The van der Waals surface area contributed by atoms with E-state index in [2.05, 4.69) is 0 Å². The van der Waals surface area contributed by atoms with Gasteiger partial charge in [-0.15, -0.1) is 0 Å². The molecule has 1 saturated carbocycles. The van der Waals surface area contributed by atoms with Crippen LogP contribution in [0, 0.1) is 23.2 Å². The number of amides is 1. The molecule has 108 valence electrons. The highest BCUT2D eigenvalue weighted by molar-refractivity contribution is 5.84. The second-order valence-corrected chi connectivity index (χ2v) is 6.84. The Morgan fingerprint density at radius 3 is 2.21 bits per heavy atom. The molecule has 1 aliphatic carbocycles. The zero-order chi connectivity index (χ0) is 14.2. The second-order valence-electron chi connectivity index (χ2n) is 6.84. The largest absolute Gasteiger partial charge is 0.481 e. The molecule has 2 atom stereocenters. The van der Waals surface area contributed by atoms with Gasteiger partial charge in [-0.1, -0.05) is 33.6 Å². The summed E-state index contributed by atoms with van der Waals surface area (Å²) in [4.78, 5) is 25.6. The van der Waals surface area contributed by atoms with Crippen molar-refractivity contribution >= 4 is 11.9 Å². The van der Waals surface area contributed by atoms with Crippen LogP contribution in [0.25, 0.3) is 0 Å². The first-order valence-electron chi connectivity index (χ1n) is 7.36. The number of hydrogen-bond donors (Lipinski definition) is 1. The predicted octanol–water partition coefficient (Wildman–Crippen LogP) is 2.38. The molecule has 0 aromatic heterocycles. The van der Waals surface area contributed by atoms with Crippen molar-refractivity contribution < 1.29 is 14.7 Å². The summed E-state index contributed by atoms with van der Waals surface area (Å²) in [5.41, 5.74) is -0.344. The number of carboxylic acids is 1. The number of carboxylic acid groups (broad SMARTS) is 1. The van der Waals surface area contributed by atoms with Gasteiger partial charge in [0, 0.05) is 18.5 Å². The minimum Gasteiger partial charge on any atom is -0.481 e. The van der Waals surface area contributed by atoms with Gasteiger partial charge >= 0.3 is 5.97 Å². The van der Waals surface area contributed by atoms with Gasteiger partial charge < -0.3 is 10.0 Å². The maximum atomic E-state index is 12.7. The van der Waals surface area contributed by atoms with Gasteiger partial charge in [0.25, 0.3) is 0 Å². The van der Waals surface area contributed by atoms with E-state index >= 15 is 0 Å². The molecule has 0 radical (unpaired) electrons. The summed E-state index contributed by atoms with van der Waals surface area (Å²) in [6, 6.07) is 0. The van der Waals surface area contributed by atoms with Crippen LogP contribution in [0.5, 0.6) is 0 Å². The SMILES string of the molecule is C[C@@H]1CN(C(=O)C(C)(C)C2CCCC2)C[C@H]1C(=O)O. The summed E-state index contributed by atoms with van der Waals surface area (Å²) in [6.45, 7) is 6.96. The van der Waals surface area contributed by atoms with Gasteiger partial charge in [-0.25, -0.2) is 0 Å². The van der Waals surface area contributed by atoms with Crippen LogP contribution in [0.2, 0.25) is 0 Å². The summed E-state index contributed by atoms with van der Waals surface area (Å²) >= 11 is 0. The molecule has 0 bridgehead atoms. The summed E-state index contributed by atoms with van der Waals surface area (Å²) < 4.78 is 0. The molecule has 4 heteroatoms. The third-order valence-corrected chi connectivity index (χ3v) is 5.14. The zero-order valence-corrected chi connectivity index (χ0v) is 12.2. The van der Waals surface area contributed by atoms with Crippen molar-refractivity contribution in [3.63, 3.8) is 0 Å². The van der Waals surface area contributed by atoms with Crippen molar-refractivity contribution in [2.75, 3.05) is 13.1 Å². The van der Waals surface area contributed by atoms with Crippen molar-refractivity contribution in [3.05, 3.63) is 0 Å². The minimum atomic E-state index is -0.776. The smallest absolute Gasteiger partial charge is 0.308 e. The number of aliphatic carboxylic acids is 1. The first-order valence-corrected chi connectivity index (χ1v) is 7.36. The summed E-state index contributed by atoms with van der Waals surface area (Å²) in [5, 5.41) is 9.16. The van der Waals surface area contributed by atoms with E-state index in [1.165, 1.54) is 12.8 Å².